The van der Waals surface area contributed by atoms with Crippen LogP contribution in [0, 0.1) is 17.3 Å². The second-order valence-electron chi connectivity index (χ2n) is 20.3. The minimum Gasteiger partial charge on any atom is -0.508 e. The van der Waals surface area contributed by atoms with Crippen LogP contribution in [0.25, 0.3) is 33.3 Å². The quantitative estimate of drug-likeness (QED) is 0.113. The molecule has 4 amide bonds. The van der Waals surface area contributed by atoms with Gasteiger partial charge in [0.15, 0.2) is 0 Å². The van der Waals surface area contributed by atoms with Gasteiger partial charge in [-0.15, -0.1) is 0 Å². The van der Waals surface area contributed by atoms with E-state index >= 15 is 0 Å². The van der Waals surface area contributed by atoms with Crippen molar-refractivity contribution in [2.75, 3.05) is 54.5 Å². The zero-order valence-electron chi connectivity index (χ0n) is 43.8. The molecule has 402 valence electrons. The number of hydrogen-bond donors (Lipinski definition) is 3. The Hall–Kier alpha value is -4.70. The summed E-state index contributed by atoms with van der Waals surface area (Å²) in [5.41, 5.74) is 10.5. The van der Waals surface area contributed by atoms with Crippen molar-refractivity contribution in [3.63, 3.8) is 0 Å². The molecule has 5 heterocycles. The summed E-state index contributed by atoms with van der Waals surface area (Å²) in [7, 11) is 7.28. The molecule has 0 aliphatic carbocycles. The Labute approximate surface area is 458 Å². The summed E-state index contributed by atoms with van der Waals surface area (Å²) in [5, 5.41) is 16.8. The number of aromatic nitrogens is 2. The molecule has 3 aliphatic heterocycles. The molecule has 73 heavy (non-hydrogen) atoms. The van der Waals surface area contributed by atoms with Gasteiger partial charge in [-0.05, 0) is 117 Å². The first-order valence-electron chi connectivity index (χ1n) is 24.2. The van der Waals surface area contributed by atoms with Gasteiger partial charge < -0.3 is 39.2 Å². The number of carbonyl (C=O) groups excluding carboxylic acids is 5. The number of pyridine rings is 1. The van der Waals surface area contributed by atoms with Crippen molar-refractivity contribution in [3.05, 3.63) is 83.7 Å². The third kappa shape index (κ3) is 14.2. The molecule has 0 spiro atoms. The number of aromatic hydroxyl groups is 1. The van der Waals surface area contributed by atoms with Crippen molar-refractivity contribution in [2.24, 2.45) is 17.3 Å². The second-order valence-corrected chi connectivity index (χ2v) is 20.3. The fraction of sp³-hybridized carbons (Fsp3) is 0.509. The van der Waals surface area contributed by atoms with E-state index in [0.717, 1.165) is 44.7 Å². The minimum absolute atomic E-state index is 0. The molecular weight excluding hydrogens is 1000 g/mol. The van der Waals surface area contributed by atoms with Gasteiger partial charge in [-0.1, -0.05) is 46.4 Å². The Balaban J connectivity index is 0.00000352. The summed E-state index contributed by atoms with van der Waals surface area (Å²) in [6.07, 6.45) is 3.15. The average Bonchev–Trinajstić information content (AvgIpc) is 3.92. The Morgan fingerprint density at radius 1 is 1.01 bits per heavy atom. The molecule has 2 saturated heterocycles. The third-order valence-electron chi connectivity index (χ3n) is 13.6. The molecule has 2 aromatic heterocycles. The van der Waals surface area contributed by atoms with E-state index in [1.165, 1.54) is 16.0 Å². The zero-order chi connectivity index (χ0) is 49.9. The van der Waals surface area contributed by atoms with E-state index in [1.807, 2.05) is 40.1 Å². The minimum atomic E-state index is -1.17. The van der Waals surface area contributed by atoms with E-state index in [4.69, 9.17) is 14.5 Å². The van der Waals surface area contributed by atoms with Gasteiger partial charge in [0.2, 0.25) is 17.7 Å². The third-order valence-corrected chi connectivity index (χ3v) is 13.6. The number of hydrogen-bond acceptors (Lipinski definition) is 11. The van der Waals surface area contributed by atoms with Gasteiger partial charge in [-0.2, -0.15) is 54.0 Å². The highest BCUT2D eigenvalue weighted by Gasteiger charge is 2.40. The van der Waals surface area contributed by atoms with Crippen LogP contribution in [-0.2, 0) is 66.0 Å². The van der Waals surface area contributed by atoms with Gasteiger partial charge in [0.25, 0.3) is 5.91 Å². The predicted molar refractivity (Wildman–Crippen MR) is 306 cm³/mol. The Kier molecular flexibility index (Phi) is 22.9. The number of phenols is 1. The number of fused-ring (bicyclic) bond motifs is 6. The van der Waals surface area contributed by atoms with Crippen LogP contribution in [0.3, 0.4) is 0 Å². The van der Waals surface area contributed by atoms with E-state index in [1.54, 1.807) is 31.2 Å². The van der Waals surface area contributed by atoms with Crippen LogP contribution in [-0.4, -0.2) is 137 Å². The molecule has 3 aliphatic rings. The maximum atomic E-state index is 14.8. The van der Waals surface area contributed by atoms with E-state index in [2.05, 4.69) is 71.8 Å². The normalized spacial score (nSPS) is 19.1. The number of esters is 1. The predicted octanol–water partition coefficient (Wildman–Crippen LogP) is 5.92. The number of rotatable bonds is 12. The number of likely N-dealkylation sites (N-methyl/N-ethyl adjacent to an activating group) is 1. The Bertz CT molecular complexity index is 2630. The lowest BCUT2D eigenvalue weighted by atomic mass is 9.84. The number of phenolic OH excluding ortho intramolecular Hbond substituents is 1. The van der Waals surface area contributed by atoms with Crippen molar-refractivity contribution in [1.82, 2.24) is 40.0 Å². The van der Waals surface area contributed by atoms with Crippen molar-refractivity contribution >= 4 is 94.5 Å². The van der Waals surface area contributed by atoms with Crippen LogP contribution < -0.4 is 10.7 Å². The number of nitrogens with one attached hydrogen (secondary N) is 2. The smallest absolute Gasteiger partial charge is 0.324 e. The lowest BCUT2D eigenvalue weighted by molar-refractivity contribution is -0.155. The van der Waals surface area contributed by atoms with Gasteiger partial charge in [0, 0.05) is 75.2 Å². The summed E-state index contributed by atoms with van der Waals surface area (Å²) >= 11 is 0. The van der Waals surface area contributed by atoms with Gasteiger partial charge in [-0.3, -0.25) is 34.0 Å². The van der Waals surface area contributed by atoms with Crippen LogP contribution in [0.5, 0.6) is 5.75 Å². The van der Waals surface area contributed by atoms with Crippen molar-refractivity contribution in [2.45, 2.75) is 105 Å². The van der Waals surface area contributed by atoms with Crippen LogP contribution >= 0.6 is 54.0 Å². The molecule has 0 unspecified atom stereocenters. The van der Waals surface area contributed by atoms with Gasteiger partial charge >= 0.3 is 5.97 Å². The van der Waals surface area contributed by atoms with Crippen molar-refractivity contribution < 1.29 is 38.6 Å². The highest BCUT2D eigenvalue weighted by molar-refractivity contribution is 7.59. The maximum Gasteiger partial charge on any atom is 0.324 e. The van der Waals surface area contributed by atoms with Crippen LogP contribution in [0.2, 0.25) is 0 Å². The molecule has 4 atom stereocenters. The molecule has 2 aromatic carbocycles. The standard InChI is InChI=1S/C53H70N8O8.4H2S/c1-11-46(63)59-21-19-35(28-59)50(65)58(9)47(32(3)4)49(64)55-43-24-33-22-36(25-38(62)23-33)34-15-18-45-40(26-34)41(27-53(5,6)31-69-52(67)42-14-13-20-61(56-42)51(43)66)48(60(45)12-2)39-17-16-37(29-57(7)8)54-44(39)30-68-10;;;;/h11,15-18,22-23,25-26,32,35,42-43,47,56,62H,1,12-14,19-21,24,27-31H2,2-10H3,(H,55,64);4*1H2/t35-,42-,43-,47-;;;;/m0..../s1. The number of carbonyl (C=O) groups is 5. The summed E-state index contributed by atoms with van der Waals surface area (Å²) in [6, 6.07) is 12.7. The summed E-state index contributed by atoms with van der Waals surface area (Å²) in [4.78, 5) is 79.7. The van der Waals surface area contributed by atoms with Crippen LogP contribution in [0.4, 0.5) is 0 Å². The highest BCUT2D eigenvalue weighted by atomic mass is 32.1. The molecular formula is C53H78N8O8S4. The lowest BCUT2D eigenvalue weighted by Crippen LogP contribution is -2.62. The average molecular weight is 1080 g/mol. The number of aryl methyl sites for hydroxylation is 1. The van der Waals surface area contributed by atoms with Crippen LogP contribution in [0.1, 0.15) is 76.4 Å². The first kappa shape index (κ1) is 62.6. The zero-order valence-corrected chi connectivity index (χ0v) is 47.8. The van der Waals surface area contributed by atoms with Gasteiger partial charge in [-0.25, -0.2) is 5.43 Å². The largest absolute Gasteiger partial charge is 0.508 e. The molecule has 4 aromatic rings. The molecule has 6 bridgehead atoms. The number of methoxy groups -OCH3 is 1. The van der Waals surface area contributed by atoms with Gasteiger partial charge in [0.1, 0.15) is 23.9 Å². The first-order valence-corrected chi connectivity index (χ1v) is 24.2. The Morgan fingerprint density at radius 3 is 2.40 bits per heavy atom. The van der Waals surface area contributed by atoms with E-state index in [9.17, 15) is 29.1 Å². The molecule has 7 rings (SSSR count). The number of nitrogens with zero attached hydrogens (tertiary/aromatic N) is 6. The number of ether oxygens (including phenoxy) is 2. The summed E-state index contributed by atoms with van der Waals surface area (Å²) in [5.74, 6) is -2.87. The molecule has 16 nitrogen and oxygen atoms in total. The summed E-state index contributed by atoms with van der Waals surface area (Å²) in [6.45, 7) is 16.2. The lowest BCUT2D eigenvalue weighted by Gasteiger charge is -2.37. The van der Waals surface area contributed by atoms with Crippen molar-refractivity contribution in [3.8, 4) is 28.1 Å². The number of likely N-dealkylation sites (tertiary alicyclic amines) is 1. The molecule has 20 heteroatoms. The number of benzene rings is 2. The molecule has 3 N–H and O–H groups in total. The summed E-state index contributed by atoms with van der Waals surface area (Å²) < 4.78 is 14.2. The number of amides is 4. The number of cyclic esters (lactones) is 1. The SMILES string of the molecule is C=CC(=O)N1CC[C@H](C(=O)N(C)[C@H](C(=O)N[C@H]2Cc3cc(O)cc(c3)-c3ccc4c(c3)c(c(-c3ccc(CN(C)C)nc3COC)n4CC)CC(C)(C)COC(=O)[C@@H]3CCCN(N3)C2=O)C(C)C)C1.S.S.S.S. The van der Waals surface area contributed by atoms with Crippen molar-refractivity contribution in [1.29, 1.82) is 0 Å². The first-order chi connectivity index (χ1) is 32.8. The fourth-order valence-electron chi connectivity index (χ4n) is 10.3. The van der Waals surface area contributed by atoms with E-state index in [-0.39, 0.29) is 104 Å². The topological polar surface area (TPSA) is 179 Å². The fourth-order valence-corrected chi connectivity index (χ4v) is 10.3. The molecule has 2 fully saturated rings. The highest BCUT2D eigenvalue weighted by Crippen LogP contribution is 2.41. The van der Waals surface area contributed by atoms with E-state index < -0.39 is 47.2 Å². The number of hydrazine groups is 1. The molecule has 0 saturated carbocycles. The second kappa shape index (κ2) is 26.7. The monoisotopic (exact) mass is 1080 g/mol. The maximum absolute atomic E-state index is 14.8. The van der Waals surface area contributed by atoms with Gasteiger partial charge in [0.05, 0.1) is 36.2 Å². The van der Waals surface area contributed by atoms with Crippen LogP contribution in [0.15, 0.2) is 61.2 Å². The Morgan fingerprint density at radius 2 is 1.74 bits per heavy atom. The molecule has 0 radical (unpaired) electrons. The van der Waals surface area contributed by atoms with E-state index in [0.29, 0.717) is 63.1 Å².